The van der Waals surface area contributed by atoms with Gasteiger partial charge in [-0.3, -0.25) is 9.79 Å². The molecule has 3 aliphatic rings. The zero-order chi connectivity index (χ0) is 21.6. The number of carbonyl (C=O) groups excluding carboxylic acids is 1. The fraction of sp³-hybridized carbons (Fsp3) is 0.481. The van der Waals surface area contributed by atoms with E-state index in [4.69, 9.17) is 4.99 Å². The van der Waals surface area contributed by atoms with Crippen molar-refractivity contribution in [2.24, 2.45) is 16.8 Å². The molecule has 164 valence electrons. The summed E-state index contributed by atoms with van der Waals surface area (Å²) in [6.07, 6.45) is 18.4. The number of aliphatic imine (C=N–C) groups is 1. The van der Waals surface area contributed by atoms with E-state index in [2.05, 4.69) is 18.2 Å². The first-order valence-electron chi connectivity index (χ1n) is 11.7. The van der Waals surface area contributed by atoms with E-state index in [0.717, 1.165) is 57.4 Å². The second-order valence-corrected chi connectivity index (χ2v) is 9.09. The molecule has 1 unspecified atom stereocenters. The summed E-state index contributed by atoms with van der Waals surface area (Å²) in [5.41, 5.74) is 4.40. The van der Waals surface area contributed by atoms with Crippen LogP contribution in [-0.2, 0) is 11.2 Å². The highest BCUT2D eigenvalue weighted by Crippen LogP contribution is 2.35. The number of hydrogen-bond donors (Lipinski definition) is 0. The van der Waals surface area contributed by atoms with Crippen molar-refractivity contribution in [2.75, 3.05) is 0 Å². The summed E-state index contributed by atoms with van der Waals surface area (Å²) in [4.78, 5) is 17.4. The topological polar surface area (TPSA) is 29.4 Å². The highest BCUT2D eigenvalue weighted by atomic mass is 19.2. The third-order valence-electron chi connectivity index (χ3n) is 6.93. The fourth-order valence-electron chi connectivity index (χ4n) is 5.21. The van der Waals surface area contributed by atoms with Crippen molar-refractivity contribution in [2.45, 2.75) is 70.6 Å². The van der Waals surface area contributed by atoms with Crippen LogP contribution in [0.4, 0.5) is 8.78 Å². The van der Waals surface area contributed by atoms with Gasteiger partial charge in [-0.05, 0) is 68.1 Å². The fourth-order valence-corrected chi connectivity index (χ4v) is 5.21. The largest absolute Gasteiger partial charge is 0.300 e. The lowest BCUT2D eigenvalue weighted by Crippen LogP contribution is -2.18. The predicted octanol–water partition coefficient (Wildman–Crippen LogP) is 7.06. The molecule has 1 fully saturated rings. The number of halogens is 2. The molecule has 0 bridgehead atoms. The molecule has 31 heavy (non-hydrogen) atoms. The lowest BCUT2D eigenvalue weighted by atomic mass is 9.84. The predicted molar refractivity (Wildman–Crippen MR) is 121 cm³/mol. The summed E-state index contributed by atoms with van der Waals surface area (Å²) >= 11 is 0. The van der Waals surface area contributed by atoms with Gasteiger partial charge in [-0.15, -0.1) is 0 Å². The summed E-state index contributed by atoms with van der Waals surface area (Å²) in [5, 5.41) is 0. The first-order valence-corrected chi connectivity index (χ1v) is 11.7. The Kier molecular flexibility index (Phi) is 7.26. The molecular formula is C27H31F2NO. The van der Waals surface area contributed by atoms with Crippen LogP contribution in [0.1, 0.15) is 69.8 Å². The molecule has 1 aromatic rings. The van der Waals surface area contributed by atoms with Crippen LogP contribution in [0, 0.1) is 23.5 Å². The van der Waals surface area contributed by atoms with Gasteiger partial charge in [-0.25, -0.2) is 8.78 Å². The van der Waals surface area contributed by atoms with Gasteiger partial charge in [0, 0.05) is 25.0 Å². The van der Waals surface area contributed by atoms with Crippen molar-refractivity contribution >= 4 is 11.5 Å². The van der Waals surface area contributed by atoms with Crippen molar-refractivity contribution in [3.8, 4) is 0 Å². The van der Waals surface area contributed by atoms with Crippen molar-refractivity contribution < 1.29 is 13.6 Å². The molecule has 1 heterocycles. The first kappa shape index (κ1) is 21.9. The summed E-state index contributed by atoms with van der Waals surface area (Å²) in [5.74, 6) is -0.676. The molecule has 0 spiro atoms. The smallest absolute Gasteiger partial charge is 0.162 e. The molecule has 0 aromatic heterocycles. The van der Waals surface area contributed by atoms with Crippen molar-refractivity contribution in [3.05, 3.63) is 71.0 Å². The van der Waals surface area contributed by atoms with Crippen LogP contribution in [0.3, 0.4) is 0 Å². The molecular weight excluding hydrogens is 392 g/mol. The number of ketones is 1. The van der Waals surface area contributed by atoms with E-state index in [1.54, 1.807) is 6.07 Å². The quantitative estimate of drug-likeness (QED) is 0.450. The maximum absolute atomic E-state index is 13.8. The van der Waals surface area contributed by atoms with Gasteiger partial charge in [0.15, 0.2) is 11.6 Å². The van der Waals surface area contributed by atoms with Gasteiger partial charge in [0.2, 0.25) is 0 Å². The van der Waals surface area contributed by atoms with Gasteiger partial charge in [0.05, 0.1) is 5.71 Å². The summed E-state index contributed by atoms with van der Waals surface area (Å²) < 4.78 is 27.2. The number of allylic oxidation sites excluding steroid dienone is 5. The second kappa shape index (κ2) is 10.3. The normalized spacial score (nSPS) is 23.7. The van der Waals surface area contributed by atoms with E-state index in [-0.39, 0.29) is 18.6 Å². The Morgan fingerprint density at radius 2 is 2.00 bits per heavy atom. The Morgan fingerprint density at radius 1 is 1.10 bits per heavy atom. The van der Waals surface area contributed by atoms with Crippen molar-refractivity contribution in [1.29, 1.82) is 0 Å². The van der Waals surface area contributed by atoms with Gasteiger partial charge >= 0.3 is 0 Å². The molecule has 0 amide bonds. The summed E-state index contributed by atoms with van der Waals surface area (Å²) in [7, 11) is 0. The number of hydrogen-bond acceptors (Lipinski definition) is 2. The zero-order valence-electron chi connectivity index (χ0n) is 18.1. The van der Waals surface area contributed by atoms with Crippen LogP contribution in [0.2, 0.25) is 0 Å². The van der Waals surface area contributed by atoms with Gasteiger partial charge in [0.25, 0.3) is 0 Å². The monoisotopic (exact) mass is 423 g/mol. The van der Waals surface area contributed by atoms with Gasteiger partial charge < -0.3 is 0 Å². The molecule has 2 nitrogen and oxygen atoms in total. The average molecular weight is 424 g/mol. The number of aryl methyl sites for hydroxylation is 1. The molecule has 1 aromatic carbocycles. The molecule has 4 rings (SSSR count). The minimum atomic E-state index is -0.845. The maximum atomic E-state index is 13.8. The minimum Gasteiger partial charge on any atom is -0.300 e. The highest BCUT2D eigenvalue weighted by Gasteiger charge is 2.27. The molecule has 0 radical (unpaired) electrons. The SMILES string of the molecule is O=C(CCc1cccc(F)c1F)C[C@@H]1CCCC(C2=NC=CCC3=C2C=CCC3)CC1. The Balaban J connectivity index is 1.32. The lowest BCUT2D eigenvalue weighted by Gasteiger charge is -2.22. The third kappa shape index (κ3) is 5.47. The molecule has 2 aliphatic carbocycles. The van der Waals surface area contributed by atoms with E-state index in [9.17, 15) is 13.6 Å². The number of carbonyl (C=O) groups is 1. The molecule has 1 saturated carbocycles. The second-order valence-electron chi connectivity index (χ2n) is 9.09. The number of Topliss-reactive ketones (excluding diaryl/α,β-unsaturated/α-hetero) is 1. The van der Waals surface area contributed by atoms with Crippen molar-refractivity contribution in [1.82, 2.24) is 0 Å². The number of benzene rings is 1. The first-order chi connectivity index (χ1) is 15.1. The van der Waals surface area contributed by atoms with E-state index in [1.807, 2.05) is 6.20 Å². The van der Waals surface area contributed by atoms with E-state index >= 15 is 0 Å². The minimum absolute atomic E-state index is 0.155. The van der Waals surface area contributed by atoms with Crippen LogP contribution in [0.15, 0.2) is 58.8 Å². The van der Waals surface area contributed by atoms with Gasteiger partial charge in [-0.2, -0.15) is 0 Å². The van der Waals surface area contributed by atoms with Crippen LogP contribution in [-0.4, -0.2) is 11.5 Å². The number of rotatable bonds is 6. The van der Waals surface area contributed by atoms with Crippen LogP contribution < -0.4 is 0 Å². The zero-order valence-corrected chi connectivity index (χ0v) is 18.1. The van der Waals surface area contributed by atoms with Gasteiger partial charge in [-0.1, -0.05) is 48.8 Å². The van der Waals surface area contributed by atoms with Crippen LogP contribution >= 0.6 is 0 Å². The highest BCUT2D eigenvalue weighted by molar-refractivity contribution is 6.05. The molecule has 4 heteroatoms. The summed E-state index contributed by atoms with van der Waals surface area (Å²) in [6.45, 7) is 0. The van der Waals surface area contributed by atoms with Crippen LogP contribution in [0.25, 0.3) is 0 Å². The summed E-state index contributed by atoms with van der Waals surface area (Å²) in [6, 6.07) is 4.17. The average Bonchev–Trinajstić information content (AvgIpc) is 3.13. The Morgan fingerprint density at radius 3 is 2.90 bits per heavy atom. The molecule has 1 aliphatic heterocycles. The standard InChI is InChI=1S/C27H31F2NO/c28-25-12-4-8-21(26(25)29)15-16-23(31)18-19-6-3-9-22(14-13-19)27-24-11-2-1-7-20(24)10-5-17-30-27/h2,4-5,8,11-12,17,19,22H,1,3,6-7,9-10,13-16,18H2/t19-,22?/m1/s1. The maximum Gasteiger partial charge on any atom is 0.162 e. The van der Waals surface area contributed by atoms with E-state index in [1.165, 1.54) is 22.9 Å². The number of nitrogens with zero attached hydrogens (tertiary/aromatic N) is 1. The van der Waals surface area contributed by atoms with Gasteiger partial charge in [0.1, 0.15) is 5.78 Å². The van der Waals surface area contributed by atoms with Crippen molar-refractivity contribution in [3.63, 3.8) is 0 Å². The Labute approximate surface area is 183 Å². The third-order valence-corrected chi connectivity index (χ3v) is 6.93. The molecule has 0 N–H and O–H groups in total. The van der Waals surface area contributed by atoms with Crippen LogP contribution in [0.5, 0.6) is 0 Å². The molecule has 0 saturated heterocycles. The lowest BCUT2D eigenvalue weighted by molar-refractivity contribution is -0.120. The Hall–Kier alpha value is -2.36. The van der Waals surface area contributed by atoms with E-state index < -0.39 is 11.6 Å². The van der Waals surface area contributed by atoms with E-state index in [0.29, 0.717) is 23.8 Å². The molecule has 2 atom stereocenters. The Bertz CT molecular complexity index is 941.